The van der Waals surface area contributed by atoms with Gasteiger partial charge in [-0.15, -0.1) is 0 Å². The molecule has 2 atom stereocenters. The number of rotatable bonds is 7. The van der Waals surface area contributed by atoms with E-state index in [4.69, 9.17) is 0 Å². The average molecular weight is 283 g/mol. The van der Waals surface area contributed by atoms with Gasteiger partial charge >= 0.3 is 0 Å². The maximum Gasteiger partial charge on any atom is 0.179 e. The number of hydrogen-bond donors (Lipinski definition) is 0. The third-order valence-corrected chi connectivity index (χ3v) is 3.78. The van der Waals surface area contributed by atoms with Gasteiger partial charge in [0.25, 0.3) is 0 Å². The number of ketones is 1. The lowest BCUT2D eigenvalue weighted by Gasteiger charge is -2.29. The molecule has 0 aromatic heterocycles. The topological polar surface area (TPSA) is 20.3 Å². The van der Waals surface area contributed by atoms with Crippen LogP contribution in [0, 0.1) is 17.6 Å². The zero-order valence-corrected chi connectivity index (χ0v) is 12.6. The van der Waals surface area contributed by atoms with Gasteiger partial charge in [-0.3, -0.25) is 9.69 Å². The van der Waals surface area contributed by atoms with Crippen molar-refractivity contribution in [3.8, 4) is 0 Å². The van der Waals surface area contributed by atoms with E-state index in [0.29, 0.717) is 5.92 Å². The molecule has 0 aliphatic carbocycles. The number of carbonyl (C=O) groups excluding carboxylic acids is 1. The van der Waals surface area contributed by atoms with Crippen LogP contribution in [-0.2, 0) is 0 Å². The van der Waals surface area contributed by atoms with Gasteiger partial charge in [-0.2, -0.15) is 0 Å². The third kappa shape index (κ3) is 4.10. The van der Waals surface area contributed by atoms with Gasteiger partial charge in [-0.1, -0.05) is 27.2 Å². The molecule has 0 fully saturated rings. The van der Waals surface area contributed by atoms with E-state index in [1.807, 2.05) is 13.8 Å². The Balaban J connectivity index is 2.85. The van der Waals surface area contributed by atoms with Gasteiger partial charge in [0.05, 0.1) is 6.04 Å². The lowest BCUT2D eigenvalue weighted by atomic mass is 10.0. The van der Waals surface area contributed by atoms with Crippen LogP contribution in [0.15, 0.2) is 18.2 Å². The summed E-state index contributed by atoms with van der Waals surface area (Å²) in [5, 5.41) is 0. The fraction of sp³-hybridized carbons (Fsp3) is 0.562. The van der Waals surface area contributed by atoms with Crippen LogP contribution in [0.4, 0.5) is 8.78 Å². The number of halogens is 2. The summed E-state index contributed by atoms with van der Waals surface area (Å²) in [4.78, 5) is 14.4. The van der Waals surface area contributed by atoms with Gasteiger partial charge in [-0.25, -0.2) is 8.78 Å². The SMILES string of the molecule is CCC(C)CN(CC)C(C)C(=O)c1ccc(F)c(F)c1. The number of likely N-dealkylation sites (N-methyl/N-ethyl adjacent to an activating group) is 1. The van der Waals surface area contributed by atoms with E-state index in [1.165, 1.54) is 6.07 Å². The van der Waals surface area contributed by atoms with Gasteiger partial charge in [0, 0.05) is 12.1 Å². The standard InChI is InChI=1S/C16H23F2NO/c1-5-11(3)10-19(6-2)12(4)16(20)13-7-8-14(17)15(18)9-13/h7-9,11-12H,5-6,10H2,1-4H3. The van der Waals surface area contributed by atoms with Gasteiger partial charge < -0.3 is 0 Å². The minimum absolute atomic E-state index is 0.172. The Hall–Kier alpha value is -1.29. The molecule has 0 aliphatic heterocycles. The molecule has 0 saturated carbocycles. The van der Waals surface area contributed by atoms with Gasteiger partial charge in [-0.05, 0) is 37.6 Å². The second-order valence-corrected chi connectivity index (χ2v) is 5.27. The highest BCUT2D eigenvalue weighted by atomic mass is 19.2. The summed E-state index contributed by atoms with van der Waals surface area (Å²) in [7, 11) is 0. The molecule has 0 N–H and O–H groups in total. The number of Topliss-reactive ketones (excluding diaryl/α,β-unsaturated/α-hetero) is 1. The van der Waals surface area contributed by atoms with Crippen molar-refractivity contribution < 1.29 is 13.6 Å². The Morgan fingerprint density at radius 3 is 2.35 bits per heavy atom. The first kappa shape index (κ1) is 16.8. The molecule has 1 aromatic rings. The maximum absolute atomic E-state index is 13.2. The van der Waals surface area contributed by atoms with E-state index in [0.717, 1.165) is 31.6 Å². The van der Waals surface area contributed by atoms with E-state index < -0.39 is 11.6 Å². The Labute approximate surface area is 119 Å². The summed E-state index contributed by atoms with van der Waals surface area (Å²) in [6, 6.07) is 2.98. The van der Waals surface area contributed by atoms with Crippen LogP contribution in [0.5, 0.6) is 0 Å². The highest BCUT2D eigenvalue weighted by molar-refractivity contribution is 5.99. The molecule has 2 nitrogen and oxygen atoms in total. The van der Waals surface area contributed by atoms with Crippen LogP contribution in [0.2, 0.25) is 0 Å². The molecule has 112 valence electrons. The Kier molecular flexibility index (Phi) is 6.27. The summed E-state index contributed by atoms with van der Waals surface area (Å²) in [5.74, 6) is -1.58. The molecule has 0 aliphatic rings. The predicted octanol–water partition coefficient (Wildman–Crippen LogP) is 3.90. The molecule has 0 saturated heterocycles. The van der Waals surface area contributed by atoms with E-state index >= 15 is 0 Å². The lowest BCUT2D eigenvalue weighted by molar-refractivity contribution is 0.0824. The van der Waals surface area contributed by atoms with E-state index in [1.54, 1.807) is 0 Å². The number of carbonyl (C=O) groups is 1. The molecule has 2 unspecified atom stereocenters. The molecular formula is C16H23F2NO. The molecular weight excluding hydrogens is 260 g/mol. The second-order valence-electron chi connectivity index (χ2n) is 5.27. The summed E-state index contributed by atoms with van der Waals surface area (Å²) in [5.41, 5.74) is 0.221. The molecule has 20 heavy (non-hydrogen) atoms. The van der Waals surface area contributed by atoms with Crippen LogP contribution in [-0.4, -0.2) is 29.8 Å². The van der Waals surface area contributed by atoms with Crippen molar-refractivity contribution in [1.82, 2.24) is 4.90 Å². The Morgan fingerprint density at radius 2 is 1.85 bits per heavy atom. The summed E-state index contributed by atoms with van der Waals surface area (Å²) in [6.07, 6.45) is 1.04. The molecule has 1 aromatic carbocycles. The van der Waals surface area contributed by atoms with Crippen molar-refractivity contribution in [2.75, 3.05) is 13.1 Å². The molecule has 0 radical (unpaired) electrons. The van der Waals surface area contributed by atoms with Crippen LogP contribution >= 0.6 is 0 Å². The highest BCUT2D eigenvalue weighted by Crippen LogP contribution is 2.15. The van der Waals surface area contributed by atoms with Crippen molar-refractivity contribution in [2.45, 2.75) is 40.2 Å². The van der Waals surface area contributed by atoms with Crippen molar-refractivity contribution in [2.24, 2.45) is 5.92 Å². The molecule has 0 amide bonds. The Bertz CT molecular complexity index is 462. The van der Waals surface area contributed by atoms with Crippen LogP contribution in [0.25, 0.3) is 0 Å². The Morgan fingerprint density at radius 1 is 1.20 bits per heavy atom. The van der Waals surface area contributed by atoms with Gasteiger partial charge in [0.2, 0.25) is 0 Å². The monoisotopic (exact) mass is 283 g/mol. The van der Waals surface area contributed by atoms with Crippen molar-refractivity contribution in [3.05, 3.63) is 35.4 Å². The summed E-state index contributed by atoms with van der Waals surface area (Å²) < 4.78 is 26.1. The zero-order chi connectivity index (χ0) is 15.3. The van der Waals surface area contributed by atoms with Crippen molar-refractivity contribution >= 4 is 5.78 Å². The largest absolute Gasteiger partial charge is 0.294 e. The minimum atomic E-state index is -0.979. The quantitative estimate of drug-likeness (QED) is 0.707. The van der Waals surface area contributed by atoms with Crippen LogP contribution in [0.1, 0.15) is 44.5 Å². The van der Waals surface area contributed by atoms with E-state index in [9.17, 15) is 13.6 Å². The predicted molar refractivity (Wildman–Crippen MR) is 76.9 cm³/mol. The average Bonchev–Trinajstić information content (AvgIpc) is 2.45. The highest BCUT2D eigenvalue weighted by Gasteiger charge is 2.23. The fourth-order valence-corrected chi connectivity index (χ4v) is 2.15. The first-order valence-electron chi connectivity index (χ1n) is 7.13. The lowest BCUT2D eigenvalue weighted by Crippen LogP contribution is -2.41. The third-order valence-electron chi connectivity index (χ3n) is 3.78. The summed E-state index contributed by atoms with van der Waals surface area (Å²) in [6.45, 7) is 9.63. The fourth-order valence-electron chi connectivity index (χ4n) is 2.15. The first-order chi connectivity index (χ1) is 9.40. The molecule has 0 bridgehead atoms. The smallest absolute Gasteiger partial charge is 0.179 e. The minimum Gasteiger partial charge on any atom is -0.294 e. The maximum atomic E-state index is 13.2. The van der Waals surface area contributed by atoms with Crippen LogP contribution in [0.3, 0.4) is 0 Å². The van der Waals surface area contributed by atoms with Gasteiger partial charge in [0.1, 0.15) is 0 Å². The molecule has 0 heterocycles. The summed E-state index contributed by atoms with van der Waals surface area (Å²) >= 11 is 0. The number of benzene rings is 1. The molecule has 0 spiro atoms. The van der Waals surface area contributed by atoms with Crippen LogP contribution < -0.4 is 0 Å². The number of nitrogens with zero attached hydrogens (tertiary/aromatic N) is 1. The molecule has 1 rings (SSSR count). The van der Waals surface area contributed by atoms with E-state index in [-0.39, 0.29) is 17.4 Å². The normalized spacial score (nSPS) is 14.3. The zero-order valence-electron chi connectivity index (χ0n) is 12.6. The molecule has 4 heteroatoms. The van der Waals surface area contributed by atoms with E-state index in [2.05, 4.69) is 18.7 Å². The van der Waals surface area contributed by atoms with Gasteiger partial charge in [0.15, 0.2) is 17.4 Å². The van der Waals surface area contributed by atoms with Crippen molar-refractivity contribution in [1.29, 1.82) is 0 Å². The second kappa shape index (κ2) is 7.48. The van der Waals surface area contributed by atoms with Crippen molar-refractivity contribution in [3.63, 3.8) is 0 Å². The first-order valence-corrected chi connectivity index (χ1v) is 7.13. The number of hydrogen-bond acceptors (Lipinski definition) is 2.